The lowest BCUT2D eigenvalue weighted by molar-refractivity contribution is -0.125. The molecular weight excluding hydrogens is 458 g/mol. The van der Waals surface area contributed by atoms with Crippen molar-refractivity contribution in [1.29, 1.82) is 5.26 Å². The van der Waals surface area contributed by atoms with Gasteiger partial charge >= 0.3 is 0 Å². The van der Waals surface area contributed by atoms with Gasteiger partial charge in [0.05, 0.1) is 24.5 Å². The first-order valence-electron chi connectivity index (χ1n) is 12.5. The number of anilines is 3. The van der Waals surface area contributed by atoms with Gasteiger partial charge in [-0.2, -0.15) is 5.26 Å². The van der Waals surface area contributed by atoms with Gasteiger partial charge in [0.25, 0.3) is 0 Å². The van der Waals surface area contributed by atoms with Crippen molar-refractivity contribution in [1.82, 2.24) is 19.8 Å². The van der Waals surface area contributed by atoms with Crippen LogP contribution in [-0.4, -0.2) is 84.2 Å². The number of pyridine rings is 2. The summed E-state index contributed by atoms with van der Waals surface area (Å²) in [6, 6.07) is 6.60. The number of nitrogens with one attached hydrogen (secondary N) is 1. The van der Waals surface area contributed by atoms with Crippen LogP contribution in [0.2, 0.25) is 0 Å². The lowest BCUT2D eigenvalue weighted by Gasteiger charge is -2.43. The Labute approximate surface area is 210 Å². The Kier molecular flexibility index (Phi) is 5.95. The number of rotatable bonds is 4. The summed E-state index contributed by atoms with van der Waals surface area (Å²) in [6.07, 6.45) is 4.16. The highest BCUT2D eigenvalue weighted by Gasteiger charge is 2.38. The molecule has 0 saturated carbocycles. The summed E-state index contributed by atoms with van der Waals surface area (Å²) in [5, 5.41) is 13.3. The van der Waals surface area contributed by atoms with E-state index in [-0.39, 0.29) is 17.5 Å². The summed E-state index contributed by atoms with van der Waals surface area (Å²) in [5.74, 6) is 1.44. The second-order valence-electron chi connectivity index (χ2n) is 9.64. The van der Waals surface area contributed by atoms with Gasteiger partial charge in [0, 0.05) is 68.8 Å². The average Bonchev–Trinajstić information content (AvgIpc) is 3.28. The van der Waals surface area contributed by atoms with Gasteiger partial charge in [0.1, 0.15) is 18.5 Å². The topological polar surface area (TPSA) is 107 Å². The third-order valence-electron chi connectivity index (χ3n) is 7.59. The quantitative estimate of drug-likeness (QED) is 0.648. The highest BCUT2D eigenvalue weighted by Crippen LogP contribution is 2.41. The van der Waals surface area contributed by atoms with Crippen molar-refractivity contribution in [3.05, 3.63) is 47.9 Å². The standard InChI is InChI=1S/C26H29N7O3/c1-2-24(34)32-6-4-18(15-32)33-13-17(14-33)20-11-21-25(22(12-27)29-20)36-16-19-23(3-5-28-26(19)30-21)31-7-9-35-10-8-31/h2-3,5,11,17-18H,1,4,6-10,13-16H2,(H,28,30)/t18-/m0/s1. The Morgan fingerprint density at radius 3 is 2.86 bits per heavy atom. The van der Waals surface area contributed by atoms with Crippen LogP contribution in [0.4, 0.5) is 17.2 Å². The van der Waals surface area contributed by atoms with Crippen molar-refractivity contribution in [3.63, 3.8) is 0 Å². The van der Waals surface area contributed by atoms with Crippen LogP contribution in [0, 0.1) is 11.3 Å². The van der Waals surface area contributed by atoms with Gasteiger partial charge in [-0.15, -0.1) is 0 Å². The monoisotopic (exact) mass is 487 g/mol. The first-order chi connectivity index (χ1) is 17.6. The Morgan fingerprint density at radius 1 is 1.25 bits per heavy atom. The lowest BCUT2D eigenvalue weighted by atomic mass is 9.92. The molecule has 0 aromatic carbocycles. The van der Waals surface area contributed by atoms with Crippen LogP contribution in [0.25, 0.3) is 0 Å². The summed E-state index contributed by atoms with van der Waals surface area (Å²) in [5.41, 5.74) is 3.94. The molecule has 2 aromatic heterocycles. The van der Waals surface area contributed by atoms with E-state index in [4.69, 9.17) is 9.47 Å². The number of fused-ring (bicyclic) bond motifs is 2. The molecule has 6 heterocycles. The van der Waals surface area contributed by atoms with Gasteiger partial charge in [-0.3, -0.25) is 9.69 Å². The van der Waals surface area contributed by atoms with Crippen molar-refractivity contribution in [3.8, 4) is 11.8 Å². The molecule has 4 aliphatic heterocycles. The van der Waals surface area contributed by atoms with Gasteiger partial charge in [0.2, 0.25) is 5.91 Å². The third kappa shape index (κ3) is 4.04. The summed E-state index contributed by atoms with van der Waals surface area (Å²) in [4.78, 5) is 27.7. The number of amides is 1. The minimum absolute atomic E-state index is 0.00241. The maximum absolute atomic E-state index is 11.9. The number of hydrogen-bond acceptors (Lipinski definition) is 9. The largest absolute Gasteiger partial charge is 0.483 e. The summed E-state index contributed by atoms with van der Waals surface area (Å²) >= 11 is 0. The molecular formula is C26H29N7O3. The number of morpholine rings is 1. The fraction of sp³-hybridized carbons (Fsp3) is 0.462. The van der Waals surface area contributed by atoms with Crippen LogP contribution in [0.3, 0.4) is 0 Å². The van der Waals surface area contributed by atoms with Crippen molar-refractivity contribution in [2.75, 3.05) is 62.7 Å². The fourth-order valence-electron chi connectivity index (χ4n) is 5.55. The maximum atomic E-state index is 11.9. The summed E-state index contributed by atoms with van der Waals surface area (Å²) < 4.78 is 11.7. The number of carbonyl (C=O) groups is 1. The normalized spacial score (nSPS) is 21.8. The molecule has 10 nitrogen and oxygen atoms in total. The maximum Gasteiger partial charge on any atom is 0.246 e. The molecule has 0 bridgehead atoms. The minimum Gasteiger partial charge on any atom is -0.483 e. The van der Waals surface area contributed by atoms with E-state index in [1.807, 2.05) is 17.0 Å². The Hall–Kier alpha value is -3.68. The number of ether oxygens (including phenoxy) is 2. The van der Waals surface area contributed by atoms with Gasteiger partial charge < -0.3 is 24.6 Å². The smallest absolute Gasteiger partial charge is 0.246 e. The molecule has 1 N–H and O–H groups in total. The predicted molar refractivity (Wildman–Crippen MR) is 133 cm³/mol. The van der Waals surface area contributed by atoms with Gasteiger partial charge in [0.15, 0.2) is 11.4 Å². The van der Waals surface area contributed by atoms with E-state index in [1.54, 1.807) is 6.20 Å². The summed E-state index contributed by atoms with van der Waals surface area (Å²) in [6.45, 7) is 10.1. The molecule has 1 amide bonds. The SMILES string of the molecule is C=CC(=O)N1CC[C@H](N2CC(c3cc4c(c(C#N)n3)OCc3c(N5CCOCC5)ccnc3N4)C2)C1. The van der Waals surface area contributed by atoms with Gasteiger partial charge in [-0.25, -0.2) is 9.97 Å². The molecule has 0 spiro atoms. The highest BCUT2D eigenvalue weighted by molar-refractivity contribution is 5.87. The molecule has 3 saturated heterocycles. The van der Waals surface area contributed by atoms with Crippen molar-refractivity contribution in [2.24, 2.45) is 0 Å². The Bertz CT molecular complexity index is 1230. The molecule has 36 heavy (non-hydrogen) atoms. The zero-order valence-electron chi connectivity index (χ0n) is 20.2. The van der Waals surface area contributed by atoms with Crippen LogP contribution >= 0.6 is 0 Å². The van der Waals surface area contributed by atoms with E-state index in [0.717, 1.165) is 74.1 Å². The van der Waals surface area contributed by atoms with Crippen molar-refractivity contribution in [2.45, 2.75) is 25.0 Å². The molecule has 3 fully saturated rings. The Morgan fingerprint density at radius 2 is 2.08 bits per heavy atom. The molecule has 2 aromatic rings. The van der Waals surface area contributed by atoms with Gasteiger partial charge in [-0.05, 0) is 24.6 Å². The molecule has 0 unspecified atom stereocenters. The molecule has 0 radical (unpaired) electrons. The van der Waals surface area contributed by atoms with Crippen LogP contribution in [0.1, 0.15) is 29.3 Å². The molecule has 186 valence electrons. The highest BCUT2D eigenvalue weighted by atomic mass is 16.5. The molecule has 1 atom stereocenters. The second kappa shape index (κ2) is 9.41. The third-order valence-corrected chi connectivity index (χ3v) is 7.59. The number of carbonyl (C=O) groups excluding carboxylic acids is 1. The Balaban J connectivity index is 1.21. The fourth-order valence-corrected chi connectivity index (χ4v) is 5.55. The molecule has 4 aliphatic rings. The van der Waals surface area contributed by atoms with E-state index in [2.05, 4.69) is 37.7 Å². The van der Waals surface area contributed by atoms with Crippen LogP contribution in [0.15, 0.2) is 31.0 Å². The van der Waals surface area contributed by atoms with Crippen molar-refractivity contribution < 1.29 is 14.3 Å². The average molecular weight is 488 g/mol. The number of nitriles is 1. The van der Waals surface area contributed by atoms with E-state index >= 15 is 0 Å². The number of hydrogen-bond donors (Lipinski definition) is 1. The second-order valence-corrected chi connectivity index (χ2v) is 9.64. The predicted octanol–water partition coefficient (Wildman–Crippen LogP) is 2.01. The number of aromatic nitrogens is 2. The van der Waals surface area contributed by atoms with Crippen LogP contribution < -0.4 is 15.0 Å². The minimum atomic E-state index is -0.00241. The van der Waals surface area contributed by atoms with E-state index in [0.29, 0.717) is 31.6 Å². The zero-order valence-corrected chi connectivity index (χ0v) is 20.2. The first-order valence-corrected chi connectivity index (χ1v) is 12.5. The van der Waals surface area contributed by atoms with Crippen LogP contribution in [-0.2, 0) is 16.1 Å². The molecule has 10 heteroatoms. The van der Waals surface area contributed by atoms with E-state index in [9.17, 15) is 10.1 Å². The van der Waals surface area contributed by atoms with Crippen LogP contribution in [0.5, 0.6) is 5.75 Å². The number of nitrogens with zero attached hydrogens (tertiary/aromatic N) is 6. The van der Waals surface area contributed by atoms with E-state index in [1.165, 1.54) is 6.08 Å². The first kappa shape index (κ1) is 22.8. The zero-order chi connectivity index (χ0) is 24.6. The number of likely N-dealkylation sites (tertiary alicyclic amines) is 2. The molecule has 0 aliphatic carbocycles. The lowest BCUT2D eigenvalue weighted by Crippen LogP contribution is -2.52. The van der Waals surface area contributed by atoms with E-state index < -0.39 is 0 Å². The molecule has 6 rings (SSSR count). The summed E-state index contributed by atoms with van der Waals surface area (Å²) in [7, 11) is 0. The van der Waals surface area contributed by atoms with Gasteiger partial charge in [-0.1, -0.05) is 6.58 Å². The van der Waals surface area contributed by atoms with Crippen molar-refractivity contribution >= 4 is 23.1 Å².